The Morgan fingerprint density at radius 2 is 1.61 bits per heavy atom. The van der Waals surface area contributed by atoms with E-state index in [1.54, 1.807) is 0 Å². The summed E-state index contributed by atoms with van der Waals surface area (Å²) in [4.78, 5) is 0. The summed E-state index contributed by atoms with van der Waals surface area (Å²) in [6, 6.07) is 19.1. The molecule has 2 aromatic carbocycles. The molecule has 1 nitrogen and oxygen atoms in total. The minimum atomic E-state index is 0.199. The summed E-state index contributed by atoms with van der Waals surface area (Å²) < 4.78 is 0. The molecule has 0 heterocycles. The number of hydrogen-bond donors (Lipinski definition) is 1. The third-order valence-electron chi connectivity index (χ3n) is 3.07. The lowest BCUT2D eigenvalue weighted by Crippen LogP contribution is -2.11. The summed E-state index contributed by atoms with van der Waals surface area (Å²) in [5.74, 6) is 0. The van der Waals surface area contributed by atoms with Crippen LogP contribution in [0.1, 0.15) is 31.9 Å². The first-order valence-electron chi connectivity index (χ1n) is 6.44. The van der Waals surface area contributed by atoms with E-state index in [1.807, 2.05) is 6.07 Å². The molecule has 1 heteroatoms. The maximum absolute atomic E-state index is 3.47. The largest absolute Gasteiger partial charge is 0.381 e. The quantitative estimate of drug-likeness (QED) is 0.825. The monoisotopic (exact) mass is 239 g/mol. The maximum Gasteiger partial charge on any atom is 0.0400 e. The fraction of sp³-hybridized carbons (Fsp3) is 0.294. The van der Waals surface area contributed by atoms with Crippen LogP contribution in [0.25, 0.3) is 0 Å². The van der Waals surface area contributed by atoms with Crippen LogP contribution >= 0.6 is 0 Å². The summed E-state index contributed by atoms with van der Waals surface area (Å²) in [6.45, 7) is 7.59. The Hall–Kier alpha value is -1.76. The molecular formula is C17H21N. The molecule has 0 atom stereocenters. The van der Waals surface area contributed by atoms with Crippen molar-refractivity contribution in [3.8, 4) is 0 Å². The average Bonchev–Trinajstić information content (AvgIpc) is 2.37. The van der Waals surface area contributed by atoms with Crippen molar-refractivity contribution in [2.45, 2.75) is 32.7 Å². The van der Waals surface area contributed by atoms with Crippen molar-refractivity contribution in [2.75, 3.05) is 5.32 Å². The van der Waals surface area contributed by atoms with Crippen LogP contribution in [0.15, 0.2) is 54.6 Å². The molecule has 0 aliphatic rings. The lowest BCUT2D eigenvalue weighted by atomic mass is 9.87. The van der Waals surface area contributed by atoms with E-state index in [0.717, 1.165) is 6.54 Å². The van der Waals surface area contributed by atoms with E-state index in [4.69, 9.17) is 0 Å². The molecule has 0 radical (unpaired) electrons. The number of rotatable bonds is 3. The first-order chi connectivity index (χ1) is 8.55. The van der Waals surface area contributed by atoms with E-state index in [9.17, 15) is 0 Å². The van der Waals surface area contributed by atoms with Gasteiger partial charge in [-0.3, -0.25) is 0 Å². The molecule has 2 rings (SSSR count). The second-order valence-corrected chi connectivity index (χ2v) is 5.67. The highest BCUT2D eigenvalue weighted by Gasteiger charge is 2.13. The van der Waals surface area contributed by atoms with Gasteiger partial charge in [-0.15, -0.1) is 0 Å². The summed E-state index contributed by atoms with van der Waals surface area (Å²) in [7, 11) is 0. The Kier molecular flexibility index (Phi) is 3.71. The van der Waals surface area contributed by atoms with Gasteiger partial charge in [-0.2, -0.15) is 0 Å². The molecule has 0 amide bonds. The van der Waals surface area contributed by atoms with Crippen molar-refractivity contribution in [3.05, 3.63) is 65.7 Å². The second kappa shape index (κ2) is 5.26. The Morgan fingerprint density at radius 3 is 2.28 bits per heavy atom. The minimum Gasteiger partial charge on any atom is -0.381 e. The first kappa shape index (κ1) is 12.7. The minimum absolute atomic E-state index is 0.199. The van der Waals surface area contributed by atoms with Gasteiger partial charge in [-0.25, -0.2) is 0 Å². The van der Waals surface area contributed by atoms with Gasteiger partial charge in [0.2, 0.25) is 0 Å². The van der Waals surface area contributed by atoms with Crippen molar-refractivity contribution in [3.63, 3.8) is 0 Å². The van der Waals surface area contributed by atoms with Crippen molar-refractivity contribution in [1.29, 1.82) is 0 Å². The van der Waals surface area contributed by atoms with Crippen molar-refractivity contribution in [1.82, 2.24) is 0 Å². The van der Waals surface area contributed by atoms with Gasteiger partial charge in [0.15, 0.2) is 0 Å². The van der Waals surface area contributed by atoms with E-state index in [2.05, 4.69) is 74.6 Å². The SMILES string of the molecule is CC(C)(C)c1cccc(NCc2ccccc2)c1. The van der Waals surface area contributed by atoms with Crippen LogP contribution in [0.5, 0.6) is 0 Å². The maximum atomic E-state index is 3.47. The Bertz CT molecular complexity index is 495. The van der Waals surface area contributed by atoms with Gasteiger partial charge in [-0.1, -0.05) is 63.2 Å². The van der Waals surface area contributed by atoms with Crippen molar-refractivity contribution in [2.24, 2.45) is 0 Å². The van der Waals surface area contributed by atoms with Crippen LogP contribution in [0.4, 0.5) is 5.69 Å². The molecule has 2 aromatic rings. The molecule has 0 aromatic heterocycles. The lowest BCUT2D eigenvalue weighted by Gasteiger charge is -2.20. The zero-order valence-electron chi connectivity index (χ0n) is 11.4. The van der Waals surface area contributed by atoms with Crippen LogP contribution in [0.2, 0.25) is 0 Å². The zero-order chi connectivity index (χ0) is 13.0. The fourth-order valence-corrected chi connectivity index (χ4v) is 1.90. The smallest absolute Gasteiger partial charge is 0.0400 e. The van der Waals surface area contributed by atoms with E-state index >= 15 is 0 Å². The van der Waals surface area contributed by atoms with Gasteiger partial charge >= 0.3 is 0 Å². The molecule has 0 aliphatic carbocycles. The topological polar surface area (TPSA) is 12.0 Å². The molecular weight excluding hydrogens is 218 g/mol. The van der Waals surface area contributed by atoms with Gasteiger partial charge in [-0.05, 0) is 28.7 Å². The molecule has 0 saturated heterocycles. The van der Waals surface area contributed by atoms with Gasteiger partial charge < -0.3 is 5.32 Å². The van der Waals surface area contributed by atoms with Gasteiger partial charge in [0.1, 0.15) is 0 Å². The Labute approximate surface area is 110 Å². The second-order valence-electron chi connectivity index (χ2n) is 5.67. The summed E-state index contributed by atoms with van der Waals surface area (Å²) in [6.07, 6.45) is 0. The van der Waals surface area contributed by atoms with Gasteiger partial charge in [0, 0.05) is 12.2 Å². The molecule has 0 fully saturated rings. The zero-order valence-corrected chi connectivity index (χ0v) is 11.4. The first-order valence-corrected chi connectivity index (χ1v) is 6.44. The normalized spacial score (nSPS) is 11.3. The number of anilines is 1. The molecule has 0 aliphatic heterocycles. The van der Waals surface area contributed by atoms with E-state index in [-0.39, 0.29) is 5.41 Å². The molecule has 1 N–H and O–H groups in total. The average molecular weight is 239 g/mol. The highest BCUT2D eigenvalue weighted by atomic mass is 14.9. The molecule has 0 spiro atoms. The Balaban J connectivity index is 2.06. The third-order valence-corrected chi connectivity index (χ3v) is 3.07. The number of nitrogens with one attached hydrogen (secondary N) is 1. The lowest BCUT2D eigenvalue weighted by molar-refractivity contribution is 0.590. The fourth-order valence-electron chi connectivity index (χ4n) is 1.90. The van der Waals surface area contributed by atoms with Crippen LogP contribution in [0.3, 0.4) is 0 Å². The van der Waals surface area contributed by atoms with Crippen molar-refractivity contribution < 1.29 is 0 Å². The molecule has 94 valence electrons. The van der Waals surface area contributed by atoms with E-state index in [1.165, 1.54) is 16.8 Å². The van der Waals surface area contributed by atoms with Crippen LogP contribution in [0, 0.1) is 0 Å². The standard InChI is InChI=1S/C17H21N/c1-17(2,3)15-10-7-11-16(12-15)18-13-14-8-5-4-6-9-14/h4-12,18H,13H2,1-3H3. The van der Waals surface area contributed by atoms with E-state index < -0.39 is 0 Å². The number of hydrogen-bond acceptors (Lipinski definition) is 1. The predicted octanol–water partition coefficient (Wildman–Crippen LogP) is 4.60. The highest BCUT2D eigenvalue weighted by molar-refractivity contribution is 5.47. The molecule has 18 heavy (non-hydrogen) atoms. The summed E-state index contributed by atoms with van der Waals surface area (Å²) in [5.41, 5.74) is 4.05. The molecule has 0 unspecified atom stereocenters. The third kappa shape index (κ3) is 3.36. The van der Waals surface area contributed by atoms with Crippen LogP contribution < -0.4 is 5.32 Å². The van der Waals surface area contributed by atoms with Gasteiger partial charge in [0.05, 0.1) is 0 Å². The van der Waals surface area contributed by atoms with Crippen molar-refractivity contribution >= 4 is 5.69 Å². The van der Waals surface area contributed by atoms with Crippen LogP contribution in [-0.2, 0) is 12.0 Å². The summed E-state index contributed by atoms with van der Waals surface area (Å²) >= 11 is 0. The van der Waals surface area contributed by atoms with Gasteiger partial charge in [0.25, 0.3) is 0 Å². The Morgan fingerprint density at radius 1 is 0.889 bits per heavy atom. The van der Waals surface area contributed by atoms with Crippen LogP contribution in [-0.4, -0.2) is 0 Å². The number of benzene rings is 2. The predicted molar refractivity (Wildman–Crippen MR) is 78.9 cm³/mol. The molecule has 0 saturated carbocycles. The van der Waals surface area contributed by atoms with E-state index in [0.29, 0.717) is 0 Å². The summed E-state index contributed by atoms with van der Waals surface area (Å²) in [5, 5.41) is 3.47. The molecule has 0 bridgehead atoms. The highest BCUT2D eigenvalue weighted by Crippen LogP contribution is 2.24.